The second kappa shape index (κ2) is 7.55. The van der Waals surface area contributed by atoms with Gasteiger partial charge in [-0.3, -0.25) is 9.52 Å². The molecule has 1 spiro atoms. The van der Waals surface area contributed by atoms with Crippen LogP contribution in [0.3, 0.4) is 0 Å². The van der Waals surface area contributed by atoms with Crippen molar-refractivity contribution in [2.75, 3.05) is 29.0 Å². The summed E-state index contributed by atoms with van der Waals surface area (Å²) in [4.78, 5) is 15.6. The second-order valence-corrected chi connectivity index (χ2v) is 10.8. The number of hydrogen-bond donors (Lipinski definition) is 1. The van der Waals surface area contributed by atoms with E-state index in [1.54, 1.807) is 6.07 Å². The van der Waals surface area contributed by atoms with Crippen LogP contribution in [0.1, 0.15) is 60.0 Å². The number of rotatable bonds is 3. The van der Waals surface area contributed by atoms with Crippen molar-refractivity contribution in [2.24, 2.45) is 0 Å². The summed E-state index contributed by atoms with van der Waals surface area (Å²) in [7, 11) is -3.37. The molecule has 0 unspecified atom stereocenters. The number of hydrogen-bond acceptors (Lipinski definition) is 4. The highest BCUT2D eigenvalue weighted by atomic mass is 32.2. The van der Waals surface area contributed by atoms with Crippen LogP contribution in [0.25, 0.3) is 0 Å². The molecule has 1 N–H and O–H groups in total. The van der Waals surface area contributed by atoms with E-state index in [4.69, 9.17) is 4.74 Å². The predicted octanol–water partition coefficient (Wildman–Crippen LogP) is 4.25. The van der Waals surface area contributed by atoms with Crippen LogP contribution in [0.4, 0.5) is 11.4 Å². The van der Waals surface area contributed by atoms with Crippen LogP contribution in [0, 0.1) is 0 Å². The van der Waals surface area contributed by atoms with Crippen LogP contribution >= 0.6 is 0 Å². The summed E-state index contributed by atoms with van der Waals surface area (Å²) in [6.45, 7) is 1.27. The quantitative estimate of drug-likeness (QED) is 0.774. The molecule has 2 aromatic carbocycles. The summed E-state index contributed by atoms with van der Waals surface area (Å²) in [5.41, 5.74) is 4.12. The van der Waals surface area contributed by atoms with E-state index in [0.717, 1.165) is 67.3 Å². The highest BCUT2D eigenvalue weighted by Crippen LogP contribution is 2.50. The number of nitrogens with zero attached hydrogens (tertiary/aromatic N) is 1. The van der Waals surface area contributed by atoms with Gasteiger partial charge in [0, 0.05) is 23.3 Å². The third-order valence-electron chi connectivity index (χ3n) is 6.84. The summed E-state index contributed by atoms with van der Waals surface area (Å²) in [5.74, 6) is 0.687. The lowest BCUT2D eigenvalue weighted by molar-refractivity contribution is 0.0977. The minimum Gasteiger partial charge on any atom is -0.492 e. The van der Waals surface area contributed by atoms with Gasteiger partial charge in [0.2, 0.25) is 10.0 Å². The number of sulfonamides is 1. The van der Waals surface area contributed by atoms with E-state index in [0.29, 0.717) is 24.4 Å². The van der Waals surface area contributed by atoms with Gasteiger partial charge in [-0.1, -0.05) is 31.4 Å². The Morgan fingerprint density at radius 3 is 2.68 bits per heavy atom. The molecule has 6 nitrogen and oxygen atoms in total. The molecule has 1 aliphatic carbocycles. The Hall–Kier alpha value is -2.54. The highest BCUT2D eigenvalue weighted by molar-refractivity contribution is 7.92. The molecular weight excluding hydrogens is 412 g/mol. The second-order valence-electron chi connectivity index (χ2n) is 9.08. The number of amides is 1. The summed E-state index contributed by atoms with van der Waals surface area (Å²) < 4.78 is 32.1. The van der Waals surface area contributed by atoms with E-state index in [1.807, 2.05) is 35.2 Å². The Bertz CT molecular complexity index is 1140. The number of carbonyl (C=O) groups is 1. The average molecular weight is 441 g/mol. The molecule has 2 aromatic rings. The SMILES string of the molecule is CS(=O)(=O)Nc1ccc2c(c1)C1(CCCCC1)CN2C(=O)c1cccc2c1OCCC2. The Morgan fingerprint density at radius 2 is 1.90 bits per heavy atom. The average Bonchev–Trinajstić information content (AvgIpc) is 3.05. The smallest absolute Gasteiger partial charge is 0.262 e. The molecule has 1 saturated carbocycles. The zero-order valence-electron chi connectivity index (χ0n) is 17.8. The number of benzene rings is 2. The first kappa shape index (κ1) is 20.4. The first-order valence-electron chi connectivity index (χ1n) is 11.1. The molecule has 2 heterocycles. The molecular formula is C24H28N2O4S. The van der Waals surface area contributed by atoms with Gasteiger partial charge in [0.25, 0.3) is 5.91 Å². The maximum Gasteiger partial charge on any atom is 0.262 e. The fourth-order valence-corrected chi connectivity index (χ4v) is 6.04. The van der Waals surface area contributed by atoms with Gasteiger partial charge in [-0.05, 0) is 61.1 Å². The Labute approximate surface area is 183 Å². The lowest BCUT2D eigenvalue weighted by atomic mass is 9.70. The number of para-hydroxylation sites is 1. The zero-order chi connectivity index (χ0) is 21.6. The highest BCUT2D eigenvalue weighted by Gasteiger charge is 2.46. The minimum absolute atomic E-state index is 0.0359. The van der Waals surface area contributed by atoms with Gasteiger partial charge in [0.1, 0.15) is 5.75 Å². The molecule has 0 radical (unpaired) electrons. The summed E-state index contributed by atoms with van der Waals surface area (Å²) >= 11 is 0. The first-order chi connectivity index (χ1) is 14.9. The van der Waals surface area contributed by atoms with Gasteiger partial charge in [0.05, 0.1) is 18.4 Å². The lowest BCUT2D eigenvalue weighted by Gasteiger charge is -2.34. The molecule has 0 aromatic heterocycles. The predicted molar refractivity (Wildman–Crippen MR) is 122 cm³/mol. The molecule has 0 saturated heterocycles. The van der Waals surface area contributed by atoms with Gasteiger partial charge in [-0.2, -0.15) is 0 Å². The van der Waals surface area contributed by atoms with Crippen molar-refractivity contribution in [3.05, 3.63) is 53.1 Å². The van der Waals surface area contributed by atoms with Gasteiger partial charge in [0.15, 0.2) is 0 Å². The van der Waals surface area contributed by atoms with Crippen molar-refractivity contribution in [3.8, 4) is 5.75 Å². The molecule has 1 fully saturated rings. The number of carbonyl (C=O) groups excluding carboxylic acids is 1. The summed E-state index contributed by atoms with van der Waals surface area (Å²) in [6, 6.07) is 11.4. The van der Waals surface area contributed by atoms with Gasteiger partial charge < -0.3 is 9.64 Å². The standard InChI is InChI=1S/C24H28N2O4S/c1-31(28,29)25-18-10-11-21-20(15-18)24(12-3-2-4-13-24)16-26(21)23(27)19-9-5-7-17-8-6-14-30-22(17)19/h5,7,9-11,15,25H,2-4,6,8,12-14,16H2,1H3. The maximum atomic E-state index is 13.8. The van der Waals surface area contributed by atoms with Gasteiger partial charge in [-0.25, -0.2) is 8.42 Å². The van der Waals surface area contributed by atoms with Crippen LogP contribution in [0.5, 0.6) is 5.75 Å². The number of aryl methyl sites for hydroxylation is 1. The summed E-state index contributed by atoms with van der Waals surface area (Å²) in [6.07, 6.45) is 8.51. The Kier molecular flexibility index (Phi) is 4.96. The molecule has 5 rings (SSSR count). The van der Waals surface area contributed by atoms with E-state index in [9.17, 15) is 13.2 Å². The molecule has 7 heteroatoms. The molecule has 2 aliphatic heterocycles. The third kappa shape index (κ3) is 3.69. The number of anilines is 2. The molecule has 31 heavy (non-hydrogen) atoms. The first-order valence-corrected chi connectivity index (χ1v) is 12.9. The van der Waals surface area contributed by atoms with Crippen LogP contribution in [-0.4, -0.2) is 33.7 Å². The van der Waals surface area contributed by atoms with E-state index in [2.05, 4.69) is 4.72 Å². The van der Waals surface area contributed by atoms with Gasteiger partial charge >= 0.3 is 0 Å². The number of nitrogens with one attached hydrogen (secondary N) is 1. The number of fused-ring (bicyclic) bond motifs is 3. The minimum atomic E-state index is -3.37. The lowest BCUT2D eigenvalue weighted by Crippen LogP contribution is -2.38. The van der Waals surface area contributed by atoms with Crippen LogP contribution < -0.4 is 14.4 Å². The van der Waals surface area contributed by atoms with Crippen molar-refractivity contribution in [1.29, 1.82) is 0 Å². The Balaban J connectivity index is 1.57. The van der Waals surface area contributed by atoms with Crippen molar-refractivity contribution in [1.82, 2.24) is 0 Å². The topological polar surface area (TPSA) is 75.7 Å². The van der Waals surface area contributed by atoms with Crippen molar-refractivity contribution >= 4 is 27.3 Å². The van der Waals surface area contributed by atoms with Crippen LogP contribution in [0.15, 0.2) is 36.4 Å². The maximum absolute atomic E-state index is 13.8. The molecule has 3 aliphatic rings. The largest absolute Gasteiger partial charge is 0.492 e. The van der Waals surface area contributed by atoms with Crippen LogP contribution in [0.2, 0.25) is 0 Å². The van der Waals surface area contributed by atoms with Crippen molar-refractivity contribution in [2.45, 2.75) is 50.4 Å². The fraction of sp³-hybridized carbons (Fsp3) is 0.458. The van der Waals surface area contributed by atoms with Crippen molar-refractivity contribution < 1.29 is 17.9 Å². The van der Waals surface area contributed by atoms with Gasteiger partial charge in [-0.15, -0.1) is 0 Å². The Morgan fingerprint density at radius 1 is 1.10 bits per heavy atom. The van der Waals surface area contributed by atoms with E-state index in [-0.39, 0.29) is 11.3 Å². The van der Waals surface area contributed by atoms with Crippen molar-refractivity contribution in [3.63, 3.8) is 0 Å². The molecule has 0 atom stereocenters. The number of ether oxygens (including phenoxy) is 1. The van der Waals surface area contributed by atoms with E-state index >= 15 is 0 Å². The monoisotopic (exact) mass is 440 g/mol. The third-order valence-corrected chi connectivity index (χ3v) is 7.45. The molecule has 1 amide bonds. The van der Waals surface area contributed by atoms with E-state index < -0.39 is 10.0 Å². The van der Waals surface area contributed by atoms with Crippen LogP contribution in [-0.2, 0) is 21.9 Å². The fourth-order valence-electron chi connectivity index (χ4n) is 5.49. The van der Waals surface area contributed by atoms with E-state index in [1.165, 1.54) is 6.42 Å². The molecule has 164 valence electrons. The molecule has 0 bridgehead atoms. The zero-order valence-corrected chi connectivity index (χ0v) is 18.6. The summed E-state index contributed by atoms with van der Waals surface area (Å²) in [5, 5.41) is 0. The normalized spacial score (nSPS) is 19.5.